The van der Waals surface area contributed by atoms with E-state index >= 15 is 0 Å². The smallest absolute Gasteiger partial charge is 0.253 e. The number of hydrogen-bond acceptors (Lipinski definition) is 6. The molecule has 0 bridgehead atoms. The van der Waals surface area contributed by atoms with E-state index in [0.717, 1.165) is 11.4 Å². The molecule has 2 aromatic rings. The van der Waals surface area contributed by atoms with Crippen LogP contribution in [0, 0.1) is 17.2 Å². The van der Waals surface area contributed by atoms with E-state index in [0.29, 0.717) is 11.5 Å². The number of rotatable bonds is 5. The van der Waals surface area contributed by atoms with E-state index in [1.54, 1.807) is 0 Å². The van der Waals surface area contributed by atoms with Crippen LogP contribution in [0.25, 0.3) is 0 Å². The number of benzene rings is 1. The standard InChI is InChI=1S/C13H14N4O2S2/c1-9(2)7-12-15-16-13(20-12)17-21(18,19)11-5-3-10(8-14)4-6-11/h3-6,9H,7H2,1-2H3,(H,16,17). The first kappa shape index (κ1) is 15.4. The number of nitriles is 1. The van der Waals surface area contributed by atoms with Crippen molar-refractivity contribution in [1.29, 1.82) is 5.26 Å². The van der Waals surface area contributed by atoms with Crippen LogP contribution in [0.5, 0.6) is 0 Å². The van der Waals surface area contributed by atoms with Gasteiger partial charge in [-0.05, 0) is 30.2 Å². The minimum atomic E-state index is -3.70. The molecule has 0 aliphatic heterocycles. The van der Waals surface area contributed by atoms with E-state index in [1.165, 1.54) is 35.6 Å². The maximum Gasteiger partial charge on any atom is 0.263 e. The Morgan fingerprint density at radius 2 is 1.95 bits per heavy atom. The van der Waals surface area contributed by atoms with Crippen molar-refractivity contribution in [2.45, 2.75) is 25.2 Å². The molecule has 0 amide bonds. The zero-order chi connectivity index (χ0) is 15.5. The van der Waals surface area contributed by atoms with Crippen molar-refractivity contribution in [3.8, 4) is 6.07 Å². The van der Waals surface area contributed by atoms with Gasteiger partial charge in [0.25, 0.3) is 10.0 Å². The summed E-state index contributed by atoms with van der Waals surface area (Å²) in [5.41, 5.74) is 0.407. The Labute approximate surface area is 127 Å². The Balaban J connectivity index is 2.17. The normalized spacial score (nSPS) is 11.3. The first-order valence-corrected chi connectivity index (χ1v) is 8.56. The lowest BCUT2D eigenvalue weighted by atomic mass is 10.1. The molecule has 1 aromatic carbocycles. The third-order valence-corrected chi connectivity index (χ3v) is 4.91. The largest absolute Gasteiger partial charge is 0.263 e. The number of sulfonamides is 1. The van der Waals surface area contributed by atoms with Gasteiger partial charge in [0.15, 0.2) is 0 Å². The molecule has 2 rings (SSSR count). The van der Waals surface area contributed by atoms with Crippen molar-refractivity contribution in [2.75, 3.05) is 4.72 Å². The molecule has 0 aliphatic rings. The van der Waals surface area contributed by atoms with Crippen LogP contribution in [-0.4, -0.2) is 18.6 Å². The van der Waals surface area contributed by atoms with Crippen molar-refractivity contribution in [3.05, 3.63) is 34.8 Å². The van der Waals surface area contributed by atoms with Crippen LogP contribution < -0.4 is 4.72 Å². The van der Waals surface area contributed by atoms with Gasteiger partial charge >= 0.3 is 0 Å². The van der Waals surface area contributed by atoms with Crippen LogP contribution in [0.15, 0.2) is 29.2 Å². The van der Waals surface area contributed by atoms with Gasteiger partial charge in [-0.15, -0.1) is 10.2 Å². The Morgan fingerprint density at radius 1 is 1.29 bits per heavy atom. The van der Waals surface area contributed by atoms with Crippen LogP contribution in [-0.2, 0) is 16.4 Å². The van der Waals surface area contributed by atoms with Crippen LogP contribution >= 0.6 is 11.3 Å². The molecule has 110 valence electrons. The molecule has 0 aliphatic carbocycles. The van der Waals surface area contributed by atoms with Gasteiger partial charge in [-0.3, -0.25) is 4.72 Å². The molecule has 0 spiro atoms. The lowest BCUT2D eigenvalue weighted by Gasteiger charge is -2.04. The van der Waals surface area contributed by atoms with Gasteiger partial charge in [-0.1, -0.05) is 25.2 Å². The summed E-state index contributed by atoms with van der Waals surface area (Å²) < 4.78 is 26.8. The predicted octanol–water partition coefficient (Wildman–Crippen LogP) is 2.41. The van der Waals surface area contributed by atoms with E-state index in [1.807, 2.05) is 6.07 Å². The number of nitrogens with zero attached hydrogens (tertiary/aromatic N) is 3. The highest BCUT2D eigenvalue weighted by molar-refractivity contribution is 7.93. The average molecular weight is 322 g/mol. The van der Waals surface area contributed by atoms with Gasteiger partial charge in [0.1, 0.15) is 5.01 Å². The molecule has 6 nitrogen and oxygen atoms in total. The SMILES string of the molecule is CC(C)Cc1nnc(NS(=O)(=O)c2ccc(C#N)cc2)s1. The fraction of sp³-hybridized carbons (Fsp3) is 0.308. The second-order valence-electron chi connectivity index (χ2n) is 4.84. The van der Waals surface area contributed by atoms with Gasteiger partial charge in [0.2, 0.25) is 5.13 Å². The molecule has 0 saturated heterocycles. The Hall–Kier alpha value is -1.98. The molecule has 0 saturated carbocycles. The highest BCUT2D eigenvalue weighted by Gasteiger charge is 2.17. The molecule has 0 radical (unpaired) electrons. The summed E-state index contributed by atoms with van der Waals surface area (Å²) in [6.07, 6.45) is 0.760. The summed E-state index contributed by atoms with van der Waals surface area (Å²) in [5.74, 6) is 0.431. The highest BCUT2D eigenvalue weighted by atomic mass is 32.2. The van der Waals surface area contributed by atoms with Crippen molar-refractivity contribution in [2.24, 2.45) is 5.92 Å². The summed E-state index contributed by atoms with van der Waals surface area (Å²) in [7, 11) is -3.70. The summed E-state index contributed by atoms with van der Waals surface area (Å²) >= 11 is 1.23. The monoisotopic (exact) mass is 322 g/mol. The third-order valence-electron chi connectivity index (χ3n) is 2.57. The van der Waals surface area contributed by atoms with Crippen LogP contribution in [0.1, 0.15) is 24.4 Å². The molecule has 0 unspecified atom stereocenters. The lowest BCUT2D eigenvalue weighted by molar-refractivity contribution is 0.601. The number of nitrogens with one attached hydrogen (secondary N) is 1. The van der Waals surface area contributed by atoms with Gasteiger partial charge in [-0.25, -0.2) is 8.42 Å². The molecule has 0 fully saturated rings. The van der Waals surface area contributed by atoms with Crippen molar-refractivity contribution in [3.63, 3.8) is 0 Å². The summed E-state index contributed by atoms with van der Waals surface area (Å²) in [6.45, 7) is 4.12. The van der Waals surface area contributed by atoms with Gasteiger partial charge in [0, 0.05) is 6.42 Å². The lowest BCUT2D eigenvalue weighted by Crippen LogP contribution is -2.12. The Morgan fingerprint density at radius 3 is 2.52 bits per heavy atom. The van der Waals surface area contributed by atoms with Gasteiger partial charge < -0.3 is 0 Å². The molecule has 21 heavy (non-hydrogen) atoms. The fourth-order valence-corrected chi connectivity index (χ4v) is 3.79. The number of aromatic nitrogens is 2. The molecule has 8 heteroatoms. The maximum absolute atomic E-state index is 12.2. The molecule has 1 N–H and O–H groups in total. The van der Waals surface area contributed by atoms with Gasteiger partial charge in [-0.2, -0.15) is 5.26 Å². The minimum Gasteiger partial charge on any atom is -0.253 e. The third kappa shape index (κ3) is 4.00. The topological polar surface area (TPSA) is 95.7 Å². The van der Waals surface area contributed by atoms with Crippen molar-refractivity contribution < 1.29 is 8.42 Å². The Kier molecular flexibility index (Phi) is 4.55. The van der Waals surface area contributed by atoms with E-state index in [-0.39, 0.29) is 10.0 Å². The van der Waals surface area contributed by atoms with Crippen molar-refractivity contribution in [1.82, 2.24) is 10.2 Å². The minimum absolute atomic E-state index is 0.0853. The zero-order valence-corrected chi connectivity index (χ0v) is 13.2. The summed E-state index contributed by atoms with van der Waals surface area (Å²) in [5, 5.41) is 17.5. The molecular weight excluding hydrogens is 308 g/mol. The second-order valence-corrected chi connectivity index (χ2v) is 7.59. The van der Waals surface area contributed by atoms with E-state index in [4.69, 9.17) is 5.26 Å². The molecule has 1 aromatic heterocycles. The van der Waals surface area contributed by atoms with E-state index in [9.17, 15) is 8.42 Å². The Bertz CT molecular complexity index is 758. The zero-order valence-electron chi connectivity index (χ0n) is 11.6. The molecule has 1 heterocycles. The fourth-order valence-electron chi connectivity index (χ4n) is 1.61. The second kappa shape index (κ2) is 6.20. The average Bonchev–Trinajstić information content (AvgIpc) is 2.84. The first-order valence-electron chi connectivity index (χ1n) is 6.26. The van der Waals surface area contributed by atoms with Crippen molar-refractivity contribution >= 4 is 26.5 Å². The highest BCUT2D eigenvalue weighted by Crippen LogP contribution is 2.21. The van der Waals surface area contributed by atoms with Crippen LogP contribution in [0.2, 0.25) is 0 Å². The van der Waals surface area contributed by atoms with E-state index < -0.39 is 10.0 Å². The van der Waals surface area contributed by atoms with Crippen LogP contribution in [0.4, 0.5) is 5.13 Å². The van der Waals surface area contributed by atoms with Gasteiger partial charge in [0.05, 0.1) is 16.5 Å². The molecule has 0 atom stereocenters. The predicted molar refractivity (Wildman–Crippen MR) is 80.4 cm³/mol. The van der Waals surface area contributed by atoms with E-state index in [2.05, 4.69) is 28.8 Å². The quantitative estimate of drug-likeness (QED) is 0.912. The maximum atomic E-state index is 12.2. The first-order chi connectivity index (χ1) is 9.90. The summed E-state index contributed by atoms with van der Waals surface area (Å²) in [4.78, 5) is 0.0853. The number of anilines is 1. The molecular formula is C13H14N4O2S2. The van der Waals surface area contributed by atoms with Crippen LogP contribution in [0.3, 0.4) is 0 Å². The summed E-state index contributed by atoms with van der Waals surface area (Å²) in [6, 6.07) is 7.63. The number of hydrogen-bond donors (Lipinski definition) is 1.